The van der Waals surface area contributed by atoms with Gasteiger partial charge in [0.05, 0.1) is 24.6 Å². The number of fused-ring (bicyclic) bond motifs is 1. The first-order valence-corrected chi connectivity index (χ1v) is 10.1. The van der Waals surface area contributed by atoms with Gasteiger partial charge >= 0.3 is 5.97 Å². The lowest BCUT2D eigenvalue weighted by Crippen LogP contribution is -2.63. The molecule has 5 atom stereocenters. The highest BCUT2D eigenvalue weighted by Gasteiger charge is 2.59. The van der Waals surface area contributed by atoms with Crippen molar-refractivity contribution in [3.05, 3.63) is 11.3 Å². The summed E-state index contributed by atoms with van der Waals surface area (Å²) in [6.45, 7) is 5.21. The number of hydrogen-bond donors (Lipinski definition) is 5. The number of carboxylic acids is 1. The molecule has 0 saturated carbocycles. The molecule has 11 heteroatoms. The lowest BCUT2D eigenvalue weighted by molar-refractivity contribution is -0.163. The van der Waals surface area contributed by atoms with Gasteiger partial charge in [0.15, 0.2) is 5.96 Å². The lowest BCUT2D eigenvalue weighted by atomic mass is 9.77. The van der Waals surface area contributed by atoms with Crippen LogP contribution < -0.4 is 16.4 Å². The average Bonchev–Trinajstić information content (AvgIpc) is 3.21. The van der Waals surface area contributed by atoms with E-state index >= 15 is 0 Å². The molecule has 2 amide bonds. The molecule has 0 aromatic carbocycles. The van der Waals surface area contributed by atoms with E-state index < -0.39 is 18.0 Å². The van der Waals surface area contributed by atoms with Crippen LogP contribution in [0.3, 0.4) is 0 Å². The zero-order chi connectivity index (χ0) is 22.2. The third kappa shape index (κ3) is 3.99. The van der Waals surface area contributed by atoms with Crippen LogP contribution in [0.4, 0.5) is 0 Å². The van der Waals surface area contributed by atoms with Gasteiger partial charge in [0, 0.05) is 38.6 Å². The number of guanidine groups is 1. The maximum atomic E-state index is 12.4. The topological polar surface area (TPSA) is 161 Å². The predicted octanol–water partition coefficient (Wildman–Crippen LogP) is -2.09. The summed E-state index contributed by atoms with van der Waals surface area (Å²) in [5.74, 6) is -2.17. The van der Waals surface area contributed by atoms with E-state index in [2.05, 4.69) is 20.5 Å². The molecule has 0 bridgehead atoms. The Labute approximate surface area is 175 Å². The molecular weight excluding hydrogens is 392 g/mol. The molecule has 11 nitrogen and oxygen atoms in total. The number of β-lactam (4-membered cyclic amide) rings is 1. The van der Waals surface area contributed by atoms with Crippen LogP contribution in [0.25, 0.3) is 0 Å². The number of aliphatic hydroxyl groups excluding tert-OH is 1. The summed E-state index contributed by atoms with van der Waals surface area (Å²) in [6, 6.07) is -0.359. The van der Waals surface area contributed by atoms with Crippen LogP contribution in [0.15, 0.2) is 16.3 Å². The Morgan fingerprint density at radius 2 is 2.10 bits per heavy atom. The van der Waals surface area contributed by atoms with Gasteiger partial charge in [0.25, 0.3) is 0 Å². The van der Waals surface area contributed by atoms with Crippen molar-refractivity contribution < 1.29 is 24.6 Å². The summed E-state index contributed by atoms with van der Waals surface area (Å²) in [6.07, 6.45) is -0.0717. The van der Waals surface area contributed by atoms with E-state index in [-0.39, 0.29) is 48.0 Å². The molecule has 0 spiro atoms. The zero-order valence-electron chi connectivity index (χ0n) is 17.5. The molecule has 3 rings (SSSR count). The molecule has 3 heterocycles. The fourth-order valence-electron chi connectivity index (χ4n) is 4.72. The average molecular weight is 422 g/mol. The molecule has 0 aromatic heterocycles. The molecule has 2 fully saturated rings. The molecule has 2 saturated heterocycles. The van der Waals surface area contributed by atoms with Crippen molar-refractivity contribution in [3.8, 4) is 0 Å². The van der Waals surface area contributed by atoms with Gasteiger partial charge < -0.3 is 31.5 Å². The SMILES string of the molecule is CN=C(N)NCC(=O)N[C@H]1CCN(CC2=C(C(=O)O)N3C(=O)C([C@@H](C)O)C3[C@H]2C)C1. The highest BCUT2D eigenvalue weighted by Crippen LogP contribution is 2.47. The van der Waals surface area contributed by atoms with Crippen LogP contribution in [0.2, 0.25) is 0 Å². The van der Waals surface area contributed by atoms with Gasteiger partial charge in [-0.15, -0.1) is 0 Å². The van der Waals surface area contributed by atoms with E-state index in [0.717, 1.165) is 6.42 Å². The third-order valence-electron chi connectivity index (χ3n) is 6.22. The van der Waals surface area contributed by atoms with Crippen LogP contribution in [0.1, 0.15) is 20.3 Å². The maximum Gasteiger partial charge on any atom is 0.352 e. The fourth-order valence-corrected chi connectivity index (χ4v) is 4.72. The fraction of sp³-hybridized carbons (Fsp3) is 0.684. The summed E-state index contributed by atoms with van der Waals surface area (Å²) in [5.41, 5.74) is 6.25. The lowest BCUT2D eigenvalue weighted by Gasteiger charge is -2.46. The summed E-state index contributed by atoms with van der Waals surface area (Å²) in [5, 5.41) is 25.3. The molecule has 0 radical (unpaired) electrons. The number of rotatable bonds is 7. The number of carboxylic acid groups (broad SMARTS) is 1. The number of carbonyl (C=O) groups is 3. The molecule has 0 aliphatic carbocycles. The van der Waals surface area contributed by atoms with Crippen molar-refractivity contribution in [2.75, 3.05) is 33.2 Å². The van der Waals surface area contributed by atoms with Gasteiger partial charge in [-0.25, -0.2) is 4.79 Å². The van der Waals surface area contributed by atoms with Crippen LogP contribution in [-0.2, 0) is 14.4 Å². The van der Waals surface area contributed by atoms with Gasteiger partial charge in [0.1, 0.15) is 5.70 Å². The van der Waals surface area contributed by atoms with Crippen molar-refractivity contribution in [1.29, 1.82) is 0 Å². The highest BCUT2D eigenvalue weighted by molar-refractivity contribution is 6.00. The largest absolute Gasteiger partial charge is 0.477 e. The van der Waals surface area contributed by atoms with Gasteiger partial charge in [0.2, 0.25) is 11.8 Å². The number of nitrogens with zero attached hydrogens (tertiary/aromatic N) is 3. The minimum Gasteiger partial charge on any atom is -0.477 e. The minimum absolute atomic E-state index is 0.0322. The summed E-state index contributed by atoms with van der Waals surface area (Å²) >= 11 is 0. The van der Waals surface area contributed by atoms with Crippen LogP contribution >= 0.6 is 0 Å². The first-order chi connectivity index (χ1) is 14.1. The smallest absolute Gasteiger partial charge is 0.352 e. The Balaban J connectivity index is 1.62. The number of likely N-dealkylation sites (tertiary alicyclic amines) is 1. The van der Waals surface area contributed by atoms with E-state index in [1.165, 1.54) is 11.9 Å². The first-order valence-electron chi connectivity index (χ1n) is 10.1. The predicted molar refractivity (Wildman–Crippen MR) is 108 cm³/mol. The van der Waals surface area contributed by atoms with E-state index in [4.69, 9.17) is 5.73 Å². The normalized spacial score (nSPS) is 30.2. The van der Waals surface area contributed by atoms with Crippen molar-refractivity contribution >= 4 is 23.7 Å². The molecule has 3 aliphatic rings. The van der Waals surface area contributed by atoms with E-state index in [9.17, 15) is 24.6 Å². The third-order valence-corrected chi connectivity index (χ3v) is 6.22. The summed E-state index contributed by atoms with van der Waals surface area (Å²) in [7, 11) is 1.53. The first kappa shape index (κ1) is 22.0. The van der Waals surface area contributed by atoms with E-state index in [0.29, 0.717) is 25.2 Å². The standard InChI is InChI=1S/C19H30N6O5/c1-9-12(16(18(29)30)25-15(9)14(10(2)26)17(25)28)8-24-5-4-11(7-24)23-13(27)6-22-19(20)21-3/h9-11,14-15,26H,4-8H2,1-3H3,(H,23,27)(H,29,30)(H3,20,21,22)/t9-,10+,11-,14?,15?/m0/s1. The Morgan fingerprint density at radius 3 is 2.70 bits per heavy atom. The number of carbonyl (C=O) groups excluding carboxylic acids is 2. The molecule has 2 unspecified atom stereocenters. The Morgan fingerprint density at radius 1 is 1.40 bits per heavy atom. The second-order valence-electron chi connectivity index (χ2n) is 8.18. The molecule has 0 aromatic rings. The van der Waals surface area contributed by atoms with Gasteiger partial charge in [-0.05, 0) is 18.9 Å². The number of hydrogen-bond acceptors (Lipinski definition) is 6. The Hall–Kier alpha value is -2.66. The number of aliphatic carboxylic acids is 1. The van der Waals surface area contributed by atoms with Crippen molar-refractivity contribution in [2.45, 2.75) is 38.5 Å². The quantitative estimate of drug-likeness (QED) is 0.177. The minimum atomic E-state index is -1.12. The second kappa shape index (κ2) is 8.60. The van der Waals surface area contributed by atoms with E-state index in [1.807, 2.05) is 6.92 Å². The monoisotopic (exact) mass is 422 g/mol. The van der Waals surface area contributed by atoms with Crippen LogP contribution in [0.5, 0.6) is 0 Å². The van der Waals surface area contributed by atoms with Gasteiger partial charge in [-0.1, -0.05) is 6.92 Å². The second-order valence-corrected chi connectivity index (χ2v) is 8.18. The number of nitrogens with two attached hydrogens (primary N) is 1. The molecule has 3 aliphatic heterocycles. The molecule has 30 heavy (non-hydrogen) atoms. The van der Waals surface area contributed by atoms with Crippen LogP contribution in [-0.4, -0.2) is 95.2 Å². The molecular formula is C19H30N6O5. The zero-order valence-corrected chi connectivity index (χ0v) is 17.5. The number of nitrogens with one attached hydrogen (secondary N) is 2. The van der Waals surface area contributed by atoms with E-state index in [1.54, 1.807) is 6.92 Å². The van der Waals surface area contributed by atoms with Crippen molar-refractivity contribution in [2.24, 2.45) is 22.6 Å². The molecule has 6 N–H and O–H groups in total. The van der Waals surface area contributed by atoms with Gasteiger partial charge in [-0.3, -0.25) is 19.5 Å². The Bertz CT molecular complexity index is 794. The highest BCUT2D eigenvalue weighted by atomic mass is 16.4. The van der Waals surface area contributed by atoms with Gasteiger partial charge in [-0.2, -0.15) is 0 Å². The number of aliphatic hydroxyl groups is 1. The van der Waals surface area contributed by atoms with Crippen molar-refractivity contribution in [1.82, 2.24) is 20.4 Å². The number of amides is 2. The molecule has 166 valence electrons. The summed E-state index contributed by atoms with van der Waals surface area (Å²) in [4.78, 5) is 43.5. The van der Waals surface area contributed by atoms with Crippen molar-refractivity contribution in [3.63, 3.8) is 0 Å². The Kier molecular flexibility index (Phi) is 6.32. The summed E-state index contributed by atoms with van der Waals surface area (Å²) < 4.78 is 0. The maximum absolute atomic E-state index is 12.4. The van der Waals surface area contributed by atoms with Crippen LogP contribution in [0, 0.1) is 11.8 Å². The number of aliphatic imine (C=N–C) groups is 1.